The number of hydrogen-bond acceptors (Lipinski definition) is 1. The number of hydrogen-bond donors (Lipinski definition) is 0. The normalized spacial score (nSPS) is 7.62. The molecule has 0 aromatic carbocycles. The first kappa shape index (κ1) is 8.42. The Bertz CT molecular complexity index is 138. The van der Waals surface area contributed by atoms with Crippen LogP contribution in [0, 0.1) is 45.1 Å². The number of aromatic nitrogens is 1. The Balaban J connectivity index is 0.000000490. The van der Waals surface area contributed by atoms with Gasteiger partial charge in [-0.15, -0.1) is 0 Å². The van der Waals surface area contributed by atoms with Crippen LogP contribution in [0.25, 0.3) is 0 Å². The van der Waals surface area contributed by atoms with Gasteiger partial charge in [0.2, 0.25) is 0 Å². The van der Waals surface area contributed by atoms with Gasteiger partial charge in [-0.1, -0.05) is 0 Å². The molecule has 0 atom stereocenters. The number of aryl methyl sites for hydroxylation is 1. The van der Waals surface area contributed by atoms with E-state index in [4.69, 9.17) is 0 Å². The van der Waals surface area contributed by atoms with Gasteiger partial charge in [0.05, 0.1) is 0 Å². The summed E-state index contributed by atoms with van der Waals surface area (Å²) in [5, 5.41) is 0. The van der Waals surface area contributed by atoms with Gasteiger partial charge in [0, 0.05) is 50.6 Å². The van der Waals surface area contributed by atoms with Gasteiger partial charge in [-0.3, -0.25) is 4.98 Å². The minimum atomic E-state index is 0. The standard InChI is InChI=1S/C6H7N.Dy/c1-6-2-4-7-5-3-6;/h2-5H,1H3;. The van der Waals surface area contributed by atoms with Crippen molar-refractivity contribution in [3.8, 4) is 0 Å². The topological polar surface area (TPSA) is 12.9 Å². The molecular formula is C6H7DyN. The second kappa shape index (κ2) is 4.32. The Morgan fingerprint density at radius 1 is 1.25 bits per heavy atom. The van der Waals surface area contributed by atoms with E-state index < -0.39 is 0 Å². The second-order valence-electron chi connectivity index (χ2n) is 1.52. The van der Waals surface area contributed by atoms with Crippen molar-refractivity contribution in [3.63, 3.8) is 0 Å². The second-order valence-corrected chi connectivity index (χ2v) is 1.52. The molecule has 0 N–H and O–H groups in total. The molecule has 46 valence electrons. The van der Waals surface area contributed by atoms with E-state index in [1.54, 1.807) is 12.4 Å². The van der Waals surface area contributed by atoms with Crippen LogP contribution in [-0.4, -0.2) is 4.98 Å². The van der Waals surface area contributed by atoms with Crippen molar-refractivity contribution in [2.75, 3.05) is 0 Å². The zero-order valence-corrected chi connectivity index (χ0v) is 6.60. The van der Waals surface area contributed by atoms with Crippen LogP contribution in [0.15, 0.2) is 24.5 Å². The van der Waals surface area contributed by atoms with E-state index in [-0.39, 0.29) is 38.2 Å². The molecule has 0 radical (unpaired) electrons. The van der Waals surface area contributed by atoms with Gasteiger partial charge in [0.1, 0.15) is 0 Å². The zero-order chi connectivity index (χ0) is 5.11. The summed E-state index contributed by atoms with van der Waals surface area (Å²) in [5.74, 6) is 0. The quantitative estimate of drug-likeness (QED) is 0.683. The molecule has 1 nitrogen and oxygen atoms in total. The molecule has 1 aromatic heterocycles. The van der Waals surface area contributed by atoms with Crippen LogP contribution in [0.1, 0.15) is 5.56 Å². The molecule has 1 aromatic rings. The fourth-order valence-electron chi connectivity index (χ4n) is 0.426. The van der Waals surface area contributed by atoms with Crippen LogP contribution in [0.4, 0.5) is 0 Å². The Hall–Kier alpha value is 0.423. The van der Waals surface area contributed by atoms with E-state index in [2.05, 4.69) is 4.98 Å². The summed E-state index contributed by atoms with van der Waals surface area (Å²) in [5.41, 5.74) is 1.26. The average Bonchev–Trinajstić information content (AvgIpc) is 1.69. The molecule has 0 fully saturated rings. The SMILES string of the molecule is Cc1ccncc1.[Dy]. The summed E-state index contributed by atoms with van der Waals surface area (Å²) < 4.78 is 0. The van der Waals surface area contributed by atoms with Crippen molar-refractivity contribution in [1.82, 2.24) is 4.98 Å². The Labute approximate surface area is 79.5 Å². The van der Waals surface area contributed by atoms with Gasteiger partial charge in [-0.25, -0.2) is 0 Å². The predicted octanol–water partition coefficient (Wildman–Crippen LogP) is 1.39. The van der Waals surface area contributed by atoms with E-state index in [9.17, 15) is 0 Å². The number of nitrogens with zero attached hydrogens (tertiary/aromatic N) is 1. The molecule has 0 aliphatic heterocycles. The molecule has 0 saturated heterocycles. The van der Waals surface area contributed by atoms with Crippen LogP contribution in [0.2, 0.25) is 0 Å². The number of pyridine rings is 1. The molecule has 1 rings (SSSR count). The molecule has 8 heavy (non-hydrogen) atoms. The van der Waals surface area contributed by atoms with Crippen molar-refractivity contribution in [2.45, 2.75) is 6.92 Å². The van der Waals surface area contributed by atoms with Crippen molar-refractivity contribution in [2.24, 2.45) is 0 Å². The van der Waals surface area contributed by atoms with E-state index in [0.717, 1.165) is 0 Å². The monoisotopic (exact) mass is 257 g/mol. The van der Waals surface area contributed by atoms with Crippen LogP contribution in [0.3, 0.4) is 0 Å². The van der Waals surface area contributed by atoms with Crippen LogP contribution in [-0.2, 0) is 0 Å². The Morgan fingerprint density at radius 3 is 2.00 bits per heavy atom. The summed E-state index contributed by atoms with van der Waals surface area (Å²) in [6.45, 7) is 2.04. The van der Waals surface area contributed by atoms with E-state index in [1.165, 1.54) is 5.56 Å². The maximum Gasteiger partial charge on any atom is 0.0270 e. The molecule has 2 heteroatoms. The van der Waals surface area contributed by atoms with Gasteiger partial charge in [-0.05, 0) is 24.6 Å². The van der Waals surface area contributed by atoms with E-state index in [1.807, 2.05) is 19.1 Å². The summed E-state index contributed by atoms with van der Waals surface area (Å²) in [6, 6.07) is 3.94. The van der Waals surface area contributed by atoms with Crippen molar-refractivity contribution < 1.29 is 38.2 Å². The largest absolute Gasteiger partial charge is 0.265 e. The van der Waals surface area contributed by atoms with Gasteiger partial charge in [0.15, 0.2) is 0 Å². The maximum absolute atomic E-state index is 3.85. The molecule has 0 saturated carbocycles. The third kappa shape index (κ3) is 2.66. The predicted molar refractivity (Wildman–Crippen MR) is 29.0 cm³/mol. The summed E-state index contributed by atoms with van der Waals surface area (Å²) in [6.07, 6.45) is 3.57. The first-order valence-electron chi connectivity index (χ1n) is 2.26. The fourth-order valence-corrected chi connectivity index (χ4v) is 0.426. The molecule has 0 aliphatic carbocycles. The van der Waals surface area contributed by atoms with Gasteiger partial charge < -0.3 is 0 Å². The van der Waals surface area contributed by atoms with Crippen molar-refractivity contribution >= 4 is 0 Å². The zero-order valence-electron chi connectivity index (χ0n) is 4.57. The first-order valence-corrected chi connectivity index (χ1v) is 2.26. The fraction of sp³-hybridized carbons (Fsp3) is 0.167. The molecule has 0 amide bonds. The Morgan fingerprint density at radius 2 is 1.75 bits per heavy atom. The minimum absolute atomic E-state index is 0. The van der Waals surface area contributed by atoms with Crippen molar-refractivity contribution in [3.05, 3.63) is 30.1 Å². The van der Waals surface area contributed by atoms with Crippen LogP contribution < -0.4 is 0 Å². The summed E-state index contributed by atoms with van der Waals surface area (Å²) >= 11 is 0. The van der Waals surface area contributed by atoms with Crippen LogP contribution >= 0.6 is 0 Å². The van der Waals surface area contributed by atoms with Crippen LogP contribution in [0.5, 0.6) is 0 Å². The molecule has 0 bridgehead atoms. The smallest absolute Gasteiger partial charge is 0.0270 e. The molecule has 0 spiro atoms. The number of rotatable bonds is 0. The summed E-state index contributed by atoms with van der Waals surface area (Å²) in [7, 11) is 0. The Kier molecular flexibility index (Phi) is 4.54. The van der Waals surface area contributed by atoms with Gasteiger partial charge >= 0.3 is 0 Å². The summed E-state index contributed by atoms with van der Waals surface area (Å²) in [4.78, 5) is 3.85. The molecule has 1 heterocycles. The van der Waals surface area contributed by atoms with Gasteiger partial charge in [-0.2, -0.15) is 0 Å². The maximum atomic E-state index is 3.85. The molecule has 0 aliphatic rings. The third-order valence-electron chi connectivity index (χ3n) is 0.847. The van der Waals surface area contributed by atoms with Crippen molar-refractivity contribution in [1.29, 1.82) is 0 Å². The van der Waals surface area contributed by atoms with E-state index >= 15 is 0 Å². The van der Waals surface area contributed by atoms with Gasteiger partial charge in [0.25, 0.3) is 0 Å². The third-order valence-corrected chi connectivity index (χ3v) is 0.847. The molecule has 0 unspecified atom stereocenters. The van der Waals surface area contributed by atoms with E-state index in [0.29, 0.717) is 0 Å². The first-order chi connectivity index (χ1) is 3.39. The minimum Gasteiger partial charge on any atom is -0.265 e. The molecular weight excluding hydrogens is 249 g/mol. The average molecular weight is 256 g/mol.